The molecule has 2 atom stereocenters. The maximum Gasteiger partial charge on any atom is 0.408 e. The van der Waals surface area contributed by atoms with Gasteiger partial charge in [-0.3, -0.25) is 4.90 Å². The van der Waals surface area contributed by atoms with Gasteiger partial charge in [0.1, 0.15) is 11.8 Å². The van der Waals surface area contributed by atoms with E-state index < -0.39 is 23.9 Å². The maximum absolute atomic E-state index is 14.0. The Bertz CT molecular complexity index is 473. The number of benzene rings is 1. The molecule has 1 saturated heterocycles. The molecule has 1 aromatic rings. The minimum atomic E-state index is -1.07. The molecule has 21 heavy (non-hydrogen) atoms. The summed E-state index contributed by atoms with van der Waals surface area (Å²) in [7, 11) is 0. The van der Waals surface area contributed by atoms with Crippen molar-refractivity contribution < 1.29 is 13.9 Å². The van der Waals surface area contributed by atoms with Crippen LogP contribution in [0.3, 0.4) is 0 Å². The lowest BCUT2D eigenvalue weighted by molar-refractivity contribution is 0.0489. The Labute approximate surface area is 125 Å². The van der Waals surface area contributed by atoms with Gasteiger partial charge in [0.05, 0.1) is 6.04 Å². The van der Waals surface area contributed by atoms with Crippen LogP contribution in [0.15, 0.2) is 30.3 Å². The summed E-state index contributed by atoms with van der Waals surface area (Å²) in [6.07, 6.45) is -1.63. The highest BCUT2D eigenvalue weighted by molar-refractivity contribution is 5.68. The van der Waals surface area contributed by atoms with Gasteiger partial charge in [-0.05, 0) is 26.3 Å². The Balaban J connectivity index is 1.85. The zero-order valence-electron chi connectivity index (χ0n) is 12.8. The number of alkyl carbamates (subject to hydrolysis) is 1. The van der Waals surface area contributed by atoms with E-state index in [-0.39, 0.29) is 0 Å². The number of hydrogen-bond donors (Lipinski definition) is 1. The second-order valence-electron chi connectivity index (χ2n) is 6.45. The first-order valence-electron chi connectivity index (χ1n) is 7.23. The number of ether oxygens (including phenoxy) is 1. The second-order valence-corrected chi connectivity index (χ2v) is 6.45. The van der Waals surface area contributed by atoms with Crippen molar-refractivity contribution in [3.63, 3.8) is 0 Å². The number of carbonyl (C=O) groups excluding carboxylic acids is 1. The molecule has 116 valence electrons. The highest BCUT2D eigenvalue weighted by Gasteiger charge is 2.34. The summed E-state index contributed by atoms with van der Waals surface area (Å²) in [6, 6.07) is 9.41. The van der Waals surface area contributed by atoms with Crippen LogP contribution in [-0.4, -0.2) is 41.9 Å². The van der Waals surface area contributed by atoms with E-state index in [0.29, 0.717) is 19.6 Å². The van der Waals surface area contributed by atoms with Gasteiger partial charge < -0.3 is 10.1 Å². The Morgan fingerprint density at radius 2 is 2.00 bits per heavy atom. The topological polar surface area (TPSA) is 41.6 Å². The molecule has 1 aromatic carbocycles. The third-order valence-electron chi connectivity index (χ3n) is 3.28. The molecule has 1 amide bonds. The van der Waals surface area contributed by atoms with E-state index in [9.17, 15) is 9.18 Å². The number of likely N-dealkylation sites (tertiary alicyclic amines) is 1. The molecule has 5 heteroatoms. The van der Waals surface area contributed by atoms with Gasteiger partial charge in [0.25, 0.3) is 0 Å². The van der Waals surface area contributed by atoms with Gasteiger partial charge in [-0.2, -0.15) is 0 Å². The molecule has 0 aromatic heterocycles. The first-order chi connectivity index (χ1) is 9.83. The van der Waals surface area contributed by atoms with Crippen molar-refractivity contribution in [1.29, 1.82) is 0 Å². The molecule has 1 heterocycles. The lowest BCUT2D eigenvalue weighted by Crippen LogP contribution is -2.43. The van der Waals surface area contributed by atoms with Crippen molar-refractivity contribution in [1.82, 2.24) is 10.2 Å². The minimum absolute atomic E-state index is 0.329. The monoisotopic (exact) mass is 294 g/mol. The fraction of sp³-hybridized carbons (Fsp3) is 0.562. The second kappa shape index (κ2) is 6.43. The summed E-state index contributed by atoms with van der Waals surface area (Å²) in [4.78, 5) is 13.7. The van der Waals surface area contributed by atoms with E-state index in [1.54, 1.807) is 20.8 Å². The van der Waals surface area contributed by atoms with Crippen LogP contribution in [0.5, 0.6) is 0 Å². The number of halogens is 1. The van der Waals surface area contributed by atoms with Crippen LogP contribution in [0.2, 0.25) is 0 Å². The zero-order chi connectivity index (χ0) is 15.5. The fourth-order valence-corrected chi connectivity index (χ4v) is 2.41. The molecule has 1 fully saturated rings. The van der Waals surface area contributed by atoms with E-state index in [2.05, 4.69) is 5.32 Å². The summed E-state index contributed by atoms with van der Waals surface area (Å²) in [6.45, 7) is 6.88. The molecule has 0 spiro atoms. The van der Waals surface area contributed by atoms with Crippen LogP contribution in [0, 0.1) is 0 Å². The molecule has 0 bridgehead atoms. The zero-order valence-corrected chi connectivity index (χ0v) is 12.8. The SMILES string of the molecule is CC(C)(C)OC(=O)NC1CN(Cc2ccccc2)CC1F. The molecule has 2 unspecified atom stereocenters. The smallest absolute Gasteiger partial charge is 0.408 e. The Morgan fingerprint density at radius 3 is 2.62 bits per heavy atom. The van der Waals surface area contributed by atoms with Crippen molar-refractivity contribution in [3.8, 4) is 0 Å². The van der Waals surface area contributed by atoms with Gasteiger partial charge in [-0.25, -0.2) is 9.18 Å². The average Bonchev–Trinajstić information content (AvgIpc) is 2.68. The third-order valence-corrected chi connectivity index (χ3v) is 3.28. The van der Waals surface area contributed by atoms with Crippen LogP contribution < -0.4 is 5.32 Å². The average molecular weight is 294 g/mol. The largest absolute Gasteiger partial charge is 0.444 e. The van der Waals surface area contributed by atoms with Crippen molar-refractivity contribution in [2.75, 3.05) is 13.1 Å². The summed E-state index contributed by atoms with van der Waals surface area (Å²) in [5, 5.41) is 2.62. The van der Waals surface area contributed by atoms with Gasteiger partial charge in [0.2, 0.25) is 0 Å². The van der Waals surface area contributed by atoms with Gasteiger partial charge >= 0.3 is 6.09 Å². The summed E-state index contributed by atoms with van der Waals surface area (Å²) in [5.41, 5.74) is 0.570. The molecule has 2 rings (SSSR count). The standard InChI is InChI=1S/C16H23FN2O2/c1-16(2,3)21-15(20)18-14-11-19(10-13(14)17)9-12-7-5-4-6-8-12/h4-8,13-14H,9-11H2,1-3H3,(H,18,20). The van der Waals surface area contributed by atoms with Crippen LogP contribution in [0.25, 0.3) is 0 Å². The van der Waals surface area contributed by atoms with Crippen LogP contribution in [-0.2, 0) is 11.3 Å². The highest BCUT2D eigenvalue weighted by Crippen LogP contribution is 2.17. The number of nitrogens with zero attached hydrogens (tertiary/aromatic N) is 1. The molecule has 4 nitrogen and oxygen atoms in total. The minimum Gasteiger partial charge on any atom is -0.444 e. The molecule has 0 saturated carbocycles. The van der Waals surface area contributed by atoms with Gasteiger partial charge in [0, 0.05) is 19.6 Å². The molecule has 0 radical (unpaired) electrons. The lowest BCUT2D eigenvalue weighted by Gasteiger charge is -2.22. The van der Waals surface area contributed by atoms with Crippen molar-refractivity contribution in [2.24, 2.45) is 0 Å². The number of amides is 1. The van der Waals surface area contributed by atoms with Crippen LogP contribution >= 0.6 is 0 Å². The van der Waals surface area contributed by atoms with Gasteiger partial charge in [-0.15, -0.1) is 0 Å². The predicted molar refractivity (Wildman–Crippen MR) is 79.8 cm³/mol. The first kappa shape index (κ1) is 15.8. The molecular formula is C16H23FN2O2. The van der Waals surface area contributed by atoms with E-state index in [0.717, 1.165) is 5.56 Å². The molecule has 1 aliphatic rings. The molecule has 1 aliphatic heterocycles. The lowest BCUT2D eigenvalue weighted by atomic mass is 10.2. The Hall–Kier alpha value is -1.62. The Morgan fingerprint density at radius 1 is 1.33 bits per heavy atom. The first-order valence-corrected chi connectivity index (χ1v) is 7.23. The van der Waals surface area contributed by atoms with E-state index >= 15 is 0 Å². The number of rotatable bonds is 3. The third kappa shape index (κ3) is 5.01. The van der Waals surface area contributed by atoms with Crippen molar-refractivity contribution >= 4 is 6.09 Å². The van der Waals surface area contributed by atoms with Crippen LogP contribution in [0.4, 0.5) is 9.18 Å². The normalized spacial score (nSPS) is 23.0. The highest BCUT2D eigenvalue weighted by atomic mass is 19.1. The van der Waals surface area contributed by atoms with Crippen LogP contribution in [0.1, 0.15) is 26.3 Å². The molecular weight excluding hydrogens is 271 g/mol. The van der Waals surface area contributed by atoms with Crippen molar-refractivity contribution in [2.45, 2.75) is 45.1 Å². The molecule has 1 N–H and O–H groups in total. The predicted octanol–water partition coefficient (Wildman–Crippen LogP) is 2.73. The summed E-state index contributed by atoms with van der Waals surface area (Å²) in [5.74, 6) is 0. The van der Waals surface area contributed by atoms with Gasteiger partial charge in [-0.1, -0.05) is 30.3 Å². The number of hydrogen-bond acceptors (Lipinski definition) is 3. The summed E-state index contributed by atoms with van der Waals surface area (Å²) < 4.78 is 19.2. The van der Waals surface area contributed by atoms with E-state index in [4.69, 9.17) is 4.74 Å². The fourth-order valence-electron chi connectivity index (χ4n) is 2.41. The molecule has 0 aliphatic carbocycles. The number of alkyl halides is 1. The van der Waals surface area contributed by atoms with Gasteiger partial charge in [0.15, 0.2) is 0 Å². The number of carbonyl (C=O) groups is 1. The number of nitrogens with one attached hydrogen (secondary N) is 1. The van der Waals surface area contributed by atoms with E-state index in [1.165, 1.54) is 0 Å². The Kier molecular flexibility index (Phi) is 4.83. The summed E-state index contributed by atoms with van der Waals surface area (Å²) >= 11 is 0. The van der Waals surface area contributed by atoms with E-state index in [1.807, 2.05) is 35.2 Å². The quantitative estimate of drug-likeness (QED) is 0.932. The van der Waals surface area contributed by atoms with Crippen molar-refractivity contribution in [3.05, 3.63) is 35.9 Å². The maximum atomic E-state index is 14.0.